The van der Waals surface area contributed by atoms with Crippen molar-refractivity contribution in [1.82, 2.24) is 10.3 Å². The van der Waals surface area contributed by atoms with Crippen molar-refractivity contribution in [2.45, 2.75) is 19.4 Å². The Morgan fingerprint density at radius 1 is 1.04 bits per heavy atom. The minimum atomic E-state index is -0.233. The molecule has 6 heteroatoms. The van der Waals surface area contributed by atoms with Gasteiger partial charge in [-0.25, -0.2) is 0 Å². The average Bonchev–Trinajstić information content (AvgIpc) is 2.57. The third-order valence-electron chi connectivity index (χ3n) is 4.17. The predicted molar refractivity (Wildman–Crippen MR) is 105 cm³/mol. The second kappa shape index (κ2) is 8.18. The molecule has 1 atom stereocenters. The van der Waals surface area contributed by atoms with Crippen molar-refractivity contribution in [1.29, 1.82) is 0 Å². The number of phenolic OH excluding ortho intramolecular Hbond substituents is 2. The van der Waals surface area contributed by atoms with E-state index in [0.717, 1.165) is 29.5 Å². The van der Waals surface area contributed by atoms with Crippen LogP contribution in [0, 0.1) is 0 Å². The number of H-pyrrole nitrogens is 1. The van der Waals surface area contributed by atoms with Crippen molar-refractivity contribution in [3.8, 4) is 11.5 Å². The number of nitrogens with one attached hydrogen (secondary N) is 2. The maximum absolute atomic E-state index is 11.5. The molecule has 3 rings (SSSR count). The Labute approximate surface area is 156 Å². The van der Waals surface area contributed by atoms with Crippen molar-refractivity contribution in [3.05, 3.63) is 70.0 Å². The summed E-state index contributed by atoms with van der Waals surface area (Å²) in [5.74, 6) is 0.340. The molecule has 0 saturated carbocycles. The average molecular weight is 405 g/mol. The lowest BCUT2D eigenvalue weighted by Gasteiger charge is -2.17. The summed E-state index contributed by atoms with van der Waals surface area (Å²) < 4.78 is 0. The van der Waals surface area contributed by atoms with Crippen LogP contribution in [0.5, 0.6) is 11.5 Å². The molecule has 3 aromatic rings. The molecule has 4 N–H and O–H groups in total. The molecule has 25 heavy (non-hydrogen) atoms. The van der Waals surface area contributed by atoms with Gasteiger partial charge in [0.15, 0.2) is 0 Å². The van der Waals surface area contributed by atoms with Gasteiger partial charge in [0.1, 0.15) is 11.5 Å². The highest BCUT2D eigenvalue weighted by atomic mass is 79.9. The van der Waals surface area contributed by atoms with Crippen LogP contribution in [0.1, 0.15) is 24.1 Å². The molecule has 132 valence electrons. The Balaban J connectivity index is 0.00000225. The molecular weight excluding hydrogens is 384 g/mol. The molecule has 0 aliphatic heterocycles. The topological polar surface area (TPSA) is 85.3 Å². The van der Waals surface area contributed by atoms with E-state index in [1.807, 2.05) is 25.1 Å². The van der Waals surface area contributed by atoms with Crippen LogP contribution in [-0.2, 0) is 6.42 Å². The van der Waals surface area contributed by atoms with Gasteiger partial charge in [0.25, 0.3) is 0 Å². The van der Waals surface area contributed by atoms with Gasteiger partial charge in [0.2, 0.25) is 5.56 Å². The van der Waals surface area contributed by atoms with Gasteiger partial charge in [0.05, 0.1) is 5.52 Å². The van der Waals surface area contributed by atoms with E-state index in [1.54, 1.807) is 24.3 Å². The first kappa shape index (κ1) is 19.0. The fraction of sp³-hybridized carbons (Fsp3) is 0.211. The number of rotatable bonds is 5. The van der Waals surface area contributed by atoms with E-state index >= 15 is 0 Å². The van der Waals surface area contributed by atoms with Gasteiger partial charge in [-0.3, -0.25) is 4.79 Å². The molecular formula is C19H21BrN2O3. The molecule has 0 amide bonds. The van der Waals surface area contributed by atoms with E-state index in [1.165, 1.54) is 6.07 Å². The SMILES string of the molecule is Br.CC(NCCc1ccc(O)cc1)c1ccc(O)c2[nH]c(=O)ccc12. The molecule has 2 aromatic carbocycles. The smallest absolute Gasteiger partial charge is 0.248 e. The first-order chi connectivity index (χ1) is 11.5. The third-order valence-corrected chi connectivity index (χ3v) is 4.17. The molecule has 0 fully saturated rings. The van der Waals surface area contributed by atoms with Crippen LogP contribution >= 0.6 is 17.0 Å². The van der Waals surface area contributed by atoms with E-state index in [4.69, 9.17) is 0 Å². The second-order valence-electron chi connectivity index (χ2n) is 5.88. The highest BCUT2D eigenvalue weighted by Crippen LogP contribution is 2.28. The van der Waals surface area contributed by atoms with E-state index in [2.05, 4.69) is 10.3 Å². The van der Waals surface area contributed by atoms with Crippen LogP contribution in [-0.4, -0.2) is 21.7 Å². The maximum atomic E-state index is 11.5. The quantitative estimate of drug-likeness (QED) is 0.524. The van der Waals surface area contributed by atoms with Crippen LogP contribution in [0.15, 0.2) is 53.3 Å². The summed E-state index contributed by atoms with van der Waals surface area (Å²) in [6.07, 6.45) is 0.845. The first-order valence-electron chi connectivity index (χ1n) is 7.91. The zero-order chi connectivity index (χ0) is 17.1. The molecule has 1 aromatic heterocycles. The van der Waals surface area contributed by atoms with Crippen LogP contribution in [0.25, 0.3) is 10.9 Å². The number of phenols is 2. The van der Waals surface area contributed by atoms with Crippen molar-refractivity contribution in [3.63, 3.8) is 0 Å². The zero-order valence-corrected chi connectivity index (χ0v) is 15.5. The molecule has 1 unspecified atom stereocenters. The minimum Gasteiger partial charge on any atom is -0.508 e. The van der Waals surface area contributed by atoms with Gasteiger partial charge in [-0.05, 0) is 55.3 Å². The summed E-state index contributed by atoms with van der Waals surface area (Å²) >= 11 is 0. The molecule has 0 aliphatic carbocycles. The van der Waals surface area contributed by atoms with Crippen LogP contribution < -0.4 is 10.9 Å². The van der Waals surface area contributed by atoms with Gasteiger partial charge >= 0.3 is 0 Å². The predicted octanol–water partition coefficient (Wildman–Crippen LogP) is 3.41. The first-order valence-corrected chi connectivity index (χ1v) is 7.91. The van der Waals surface area contributed by atoms with Crippen molar-refractivity contribution >= 4 is 27.9 Å². The molecule has 5 nitrogen and oxygen atoms in total. The summed E-state index contributed by atoms with van der Waals surface area (Å²) in [4.78, 5) is 14.2. The highest BCUT2D eigenvalue weighted by molar-refractivity contribution is 8.93. The van der Waals surface area contributed by atoms with Gasteiger partial charge in [-0.1, -0.05) is 18.2 Å². The minimum absolute atomic E-state index is 0. The summed E-state index contributed by atoms with van der Waals surface area (Å²) in [6, 6.07) is 13.9. The molecule has 0 aliphatic rings. The lowest BCUT2D eigenvalue weighted by atomic mass is 10.0. The Morgan fingerprint density at radius 2 is 1.76 bits per heavy atom. The van der Waals surface area contributed by atoms with Crippen molar-refractivity contribution in [2.75, 3.05) is 6.54 Å². The molecule has 1 heterocycles. The highest BCUT2D eigenvalue weighted by Gasteiger charge is 2.12. The Bertz CT molecular complexity index is 907. The number of halogens is 1. The monoisotopic (exact) mass is 404 g/mol. The number of hydrogen-bond acceptors (Lipinski definition) is 4. The van der Waals surface area contributed by atoms with E-state index < -0.39 is 0 Å². The third kappa shape index (κ3) is 4.41. The number of benzene rings is 2. The Hall–Kier alpha value is -2.31. The van der Waals surface area contributed by atoms with Gasteiger partial charge < -0.3 is 20.5 Å². The number of aromatic nitrogens is 1. The van der Waals surface area contributed by atoms with Gasteiger partial charge in [-0.15, -0.1) is 17.0 Å². The van der Waals surface area contributed by atoms with E-state index in [9.17, 15) is 15.0 Å². The fourth-order valence-electron chi connectivity index (χ4n) is 2.84. The number of pyridine rings is 1. The maximum Gasteiger partial charge on any atom is 0.248 e. The fourth-order valence-corrected chi connectivity index (χ4v) is 2.84. The number of fused-ring (bicyclic) bond motifs is 1. The normalized spacial score (nSPS) is 11.9. The largest absolute Gasteiger partial charge is 0.508 e. The molecule has 0 spiro atoms. The standard InChI is InChI=1S/C19H20N2O3.BrH/c1-12(20-11-10-13-2-4-14(22)5-3-13)15-6-8-17(23)19-16(15)7-9-18(24)21-19;/h2-9,12,20,22-23H,10-11H2,1H3,(H,21,24);1H. The van der Waals surface area contributed by atoms with Crippen LogP contribution in [0.4, 0.5) is 0 Å². The van der Waals surface area contributed by atoms with Gasteiger partial charge in [0, 0.05) is 17.5 Å². The summed E-state index contributed by atoms with van der Waals surface area (Å²) in [5, 5.41) is 23.5. The molecule has 0 radical (unpaired) electrons. The molecule has 0 bridgehead atoms. The summed E-state index contributed by atoms with van der Waals surface area (Å²) in [5.41, 5.74) is 2.40. The summed E-state index contributed by atoms with van der Waals surface area (Å²) in [7, 11) is 0. The van der Waals surface area contributed by atoms with Crippen molar-refractivity contribution < 1.29 is 10.2 Å². The second-order valence-corrected chi connectivity index (χ2v) is 5.88. The van der Waals surface area contributed by atoms with Crippen LogP contribution in [0.3, 0.4) is 0 Å². The van der Waals surface area contributed by atoms with Crippen LogP contribution in [0.2, 0.25) is 0 Å². The van der Waals surface area contributed by atoms with Gasteiger partial charge in [-0.2, -0.15) is 0 Å². The molecule has 0 saturated heterocycles. The number of hydrogen-bond donors (Lipinski definition) is 4. The summed E-state index contributed by atoms with van der Waals surface area (Å²) in [6.45, 7) is 2.82. The van der Waals surface area contributed by atoms with E-state index in [0.29, 0.717) is 5.52 Å². The lowest BCUT2D eigenvalue weighted by molar-refractivity contribution is 0.475. The number of aromatic hydroxyl groups is 2. The Kier molecular flexibility index (Phi) is 6.22. The van der Waals surface area contributed by atoms with E-state index in [-0.39, 0.29) is 40.1 Å². The van der Waals surface area contributed by atoms with Crippen molar-refractivity contribution in [2.24, 2.45) is 0 Å². The lowest BCUT2D eigenvalue weighted by Crippen LogP contribution is -2.21. The number of aromatic amines is 1. The zero-order valence-electron chi connectivity index (χ0n) is 13.8. The Morgan fingerprint density at radius 3 is 2.48 bits per heavy atom.